The number of hydrogen-bond acceptors (Lipinski definition) is 4. The van der Waals surface area contributed by atoms with Gasteiger partial charge in [-0.3, -0.25) is 4.79 Å². The number of pyridine rings is 1. The minimum atomic E-state index is -0.773. The number of aromatic nitrogens is 1. The SMILES string of the molecule is CC(=O)N(C)C(=O)On1ccccc1=S. The summed E-state index contributed by atoms with van der Waals surface area (Å²) in [5.41, 5.74) is 0. The second kappa shape index (κ2) is 4.70. The van der Waals surface area contributed by atoms with Crippen molar-refractivity contribution in [2.75, 3.05) is 7.05 Å². The summed E-state index contributed by atoms with van der Waals surface area (Å²) in [7, 11) is 1.33. The van der Waals surface area contributed by atoms with E-state index >= 15 is 0 Å². The Kier molecular flexibility index (Phi) is 3.56. The Hall–Kier alpha value is -1.69. The molecule has 0 radical (unpaired) electrons. The molecule has 5 nitrogen and oxygen atoms in total. The highest BCUT2D eigenvalue weighted by molar-refractivity contribution is 7.71. The molecular weight excluding hydrogens is 216 g/mol. The Morgan fingerprint density at radius 2 is 2.13 bits per heavy atom. The largest absolute Gasteiger partial charge is 0.441 e. The van der Waals surface area contributed by atoms with Gasteiger partial charge in [0, 0.05) is 20.2 Å². The van der Waals surface area contributed by atoms with Crippen LogP contribution >= 0.6 is 12.2 Å². The fraction of sp³-hybridized carbons (Fsp3) is 0.222. The first kappa shape index (κ1) is 11.4. The van der Waals surface area contributed by atoms with Gasteiger partial charge in [-0.15, -0.1) is 0 Å². The Morgan fingerprint density at radius 3 is 2.67 bits per heavy atom. The molecule has 1 heterocycles. The van der Waals surface area contributed by atoms with Crippen LogP contribution in [0.3, 0.4) is 0 Å². The zero-order valence-electron chi connectivity index (χ0n) is 8.34. The van der Waals surface area contributed by atoms with Crippen molar-refractivity contribution >= 4 is 24.2 Å². The molecule has 0 aromatic carbocycles. The first-order valence-electron chi connectivity index (χ1n) is 4.16. The standard InChI is InChI=1S/C9H10N2O3S/c1-7(12)10(2)9(13)14-11-6-4-3-5-8(11)15/h3-6H,1-2H3. The normalized spacial score (nSPS) is 9.47. The highest BCUT2D eigenvalue weighted by Crippen LogP contribution is 1.93. The molecule has 0 bridgehead atoms. The van der Waals surface area contributed by atoms with Crippen LogP contribution in [-0.4, -0.2) is 28.7 Å². The van der Waals surface area contributed by atoms with E-state index < -0.39 is 12.0 Å². The predicted octanol–water partition coefficient (Wildman–Crippen LogP) is 1.24. The van der Waals surface area contributed by atoms with Crippen molar-refractivity contribution in [1.82, 2.24) is 9.63 Å². The summed E-state index contributed by atoms with van der Waals surface area (Å²) in [6.45, 7) is 1.27. The molecule has 15 heavy (non-hydrogen) atoms. The monoisotopic (exact) mass is 226 g/mol. The Labute approximate surface area is 91.8 Å². The van der Waals surface area contributed by atoms with E-state index in [0.717, 1.165) is 9.63 Å². The summed E-state index contributed by atoms with van der Waals surface area (Å²) in [5, 5.41) is 0. The lowest BCUT2D eigenvalue weighted by Gasteiger charge is -2.13. The van der Waals surface area contributed by atoms with E-state index in [1.807, 2.05) is 0 Å². The molecule has 0 saturated heterocycles. The number of nitrogens with zero attached hydrogens (tertiary/aromatic N) is 2. The molecule has 0 saturated carbocycles. The van der Waals surface area contributed by atoms with Crippen LogP contribution in [0.2, 0.25) is 0 Å². The predicted molar refractivity (Wildman–Crippen MR) is 55.7 cm³/mol. The molecule has 0 unspecified atom stereocenters. The summed E-state index contributed by atoms with van der Waals surface area (Å²) in [6, 6.07) is 4.99. The molecule has 0 N–H and O–H groups in total. The third-order valence-corrected chi connectivity index (χ3v) is 2.03. The van der Waals surface area contributed by atoms with Crippen LogP contribution in [0, 0.1) is 4.64 Å². The van der Waals surface area contributed by atoms with Crippen LogP contribution in [0.5, 0.6) is 0 Å². The fourth-order valence-electron chi connectivity index (χ4n) is 0.762. The maximum atomic E-state index is 11.3. The van der Waals surface area contributed by atoms with Gasteiger partial charge < -0.3 is 4.84 Å². The Morgan fingerprint density at radius 1 is 1.47 bits per heavy atom. The van der Waals surface area contributed by atoms with Crippen molar-refractivity contribution in [3.8, 4) is 0 Å². The van der Waals surface area contributed by atoms with E-state index in [0.29, 0.717) is 4.64 Å². The van der Waals surface area contributed by atoms with Crippen LogP contribution in [-0.2, 0) is 4.79 Å². The van der Waals surface area contributed by atoms with E-state index in [1.54, 1.807) is 18.2 Å². The summed E-state index contributed by atoms with van der Waals surface area (Å²) < 4.78 is 1.47. The van der Waals surface area contributed by atoms with Crippen molar-refractivity contribution in [1.29, 1.82) is 0 Å². The molecule has 2 amide bonds. The highest BCUT2D eigenvalue weighted by Gasteiger charge is 2.14. The molecule has 0 atom stereocenters. The van der Waals surface area contributed by atoms with Crippen molar-refractivity contribution in [2.45, 2.75) is 6.92 Å². The molecule has 0 aliphatic heterocycles. The van der Waals surface area contributed by atoms with Gasteiger partial charge in [-0.25, -0.2) is 9.69 Å². The van der Waals surface area contributed by atoms with Crippen molar-refractivity contribution in [3.05, 3.63) is 29.0 Å². The summed E-state index contributed by atoms with van der Waals surface area (Å²) in [5.74, 6) is -0.401. The molecule has 0 aliphatic rings. The number of imide groups is 1. The quantitative estimate of drug-likeness (QED) is 0.676. The first-order chi connectivity index (χ1) is 7.02. The second-order valence-corrected chi connectivity index (χ2v) is 3.22. The van der Waals surface area contributed by atoms with E-state index in [4.69, 9.17) is 17.1 Å². The average molecular weight is 226 g/mol. The molecule has 1 aromatic heterocycles. The lowest BCUT2D eigenvalue weighted by molar-refractivity contribution is -0.126. The van der Waals surface area contributed by atoms with Crippen LogP contribution in [0.25, 0.3) is 0 Å². The van der Waals surface area contributed by atoms with Crippen molar-refractivity contribution in [3.63, 3.8) is 0 Å². The van der Waals surface area contributed by atoms with E-state index in [1.165, 1.54) is 20.2 Å². The lowest BCUT2D eigenvalue weighted by atomic mass is 10.5. The minimum absolute atomic E-state index is 0.350. The molecular formula is C9H10N2O3S. The molecule has 1 rings (SSSR count). The molecule has 0 fully saturated rings. The third-order valence-electron chi connectivity index (χ3n) is 1.71. The minimum Gasteiger partial charge on any atom is -0.316 e. The number of amides is 2. The van der Waals surface area contributed by atoms with Crippen molar-refractivity contribution in [2.24, 2.45) is 0 Å². The number of carbonyl (C=O) groups excluding carboxylic acids is 2. The second-order valence-electron chi connectivity index (χ2n) is 2.80. The highest BCUT2D eigenvalue weighted by atomic mass is 32.1. The third kappa shape index (κ3) is 2.88. The maximum Gasteiger partial charge on any atom is 0.441 e. The molecule has 80 valence electrons. The molecule has 6 heteroatoms. The van der Waals surface area contributed by atoms with Gasteiger partial charge in [-0.1, -0.05) is 18.3 Å². The topological polar surface area (TPSA) is 51.5 Å². The Bertz CT molecular complexity index is 441. The fourth-order valence-corrected chi connectivity index (χ4v) is 0.939. The lowest BCUT2D eigenvalue weighted by Crippen LogP contribution is -2.37. The number of hydrogen-bond donors (Lipinski definition) is 0. The van der Waals surface area contributed by atoms with Crippen molar-refractivity contribution < 1.29 is 14.4 Å². The number of carbonyl (C=O) groups is 2. The van der Waals surface area contributed by atoms with Gasteiger partial charge in [0.05, 0.1) is 0 Å². The van der Waals surface area contributed by atoms with Crippen LogP contribution < -0.4 is 4.84 Å². The van der Waals surface area contributed by atoms with E-state index in [-0.39, 0.29) is 0 Å². The number of rotatable bonds is 1. The first-order valence-corrected chi connectivity index (χ1v) is 4.57. The Balaban J connectivity index is 2.80. The van der Waals surface area contributed by atoms with Gasteiger partial charge in [0.15, 0.2) is 0 Å². The summed E-state index contributed by atoms with van der Waals surface area (Å²) >= 11 is 4.90. The van der Waals surface area contributed by atoms with Gasteiger partial charge in [0.25, 0.3) is 0 Å². The summed E-state index contributed by atoms with van der Waals surface area (Å²) in [4.78, 5) is 27.9. The zero-order valence-corrected chi connectivity index (χ0v) is 9.15. The van der Waals surface area contributed by atoms with Gasteiger partial charge >= 0.3 is 6.09 Å². The summed E-state index contributed by atoms with van der Waals surface area (Å²) in [6.07, 6.45) is 0.721. The van der Waals surface area contributed by atoms with Gasteiger partial charge in [-0.05, 0) is 12.1 Å². The van der Waals surface area contributed by atoms with Gasteiger partial charge in [0.1, 0.15) is 4.64 Å². The van der Waals surface area contributed by atoms with Crippen LogP contribution in [0.1, 0.15) is 6.92 Å². The van der Waals surface area contributed by atoms with Gasteiger partial charge in [0.2, 0.25) is 5.91 Å². The average Bonchev–Trinajstić information content (AvgIpc) is 2.20. The van der Waals surface area contributed by atoms with E-state index in [2.05, 4.69) is 0 Å². The molecule has 0 spiro atoms. The maximum absolute atomic E-state index is 11.3. The van der Waals surface area contributed by atoms with E-state index in [9.17, 15) is 9.59 Å². The van der Waals surface area contributed by atoms with Crippen LogP contribution in [0.15, 0.2) is 24.4 Å². The zero-order chi connectivity index (χ0) is 11.4. The molecule has 1 aromatic rings. The smallest absolute Gasteiger partial charge is 0.316 e. The molecule has 0 aliphatic carbocycles. The van der Waals surface area contributed by atoms with Crippen LogP contribution in [0.4, 0.5) is 4.79 Å². The van der Waals surface area contributed by atoms with Gasteiger partial charge in [-0.2, -0.15) is 4.73 Å².